The second-order valence-corrected chi connectivity index (χ2v) is 6.24. The van der Waals surface area contributed by atoms with Crippen LogP contribution < -0.4 is 5.32 Å². The highest BCUT2D eigenvalue weighted by molar-refractivity contribution is 9.10. The Balaban J connectivity index is 2.11. The Morgan fingerprint density at radius 3 is 2.61 bits per heavy atom. The van der Waals surface area contributed by atoms with Crippen LogP contribution in [0.15, 0.2) is 45.3 Å². The molecule has 0 heterocycles. The molecule has 1 nitrogen and oxygen atoms in total. The molecule has 0 aliphatic carbocycles. The molecule has 0 radical (unpaired) electrons. The fraction of sp³-hybridized carbons (Fsp3) is 0.143. The lowest BCUT2D eigenvalue weighted by atomic mass is 10.2. The molecule has 2 aromatic rings. The minimum atomic E-state index is 0.736. The molecule has 0 aromatic heterocycles. The van der Waals surface area contributed by atoms with Gasteiger partial charge in [0.1, 0.15) is 0 Å². The monoisotopic (exact) mass is 387 g/mol. The van der Waals surface area contributed by atoms with Crippen molar-refractivity contribution in [1.82, 2.24) is 0 Å². The third kappa shape index (κ3) is 3.50. The first kappa shape index (κ1) is 13.9. The van der Waals surface area contributed by atoms with E-state index < -0.39 is 0 Å². The molecular weight excluding hydrogens is 377 g/mol. The van der Waals surface area contributed by atoms with Gasteiger partial charge >= 0.3 is 0 Å². The van der Waals surface area contributed by atoms with Crippen LogP contribution >= 0.6 is 43.5 Å². The molecule has 4 heteroatoms. The largest absolute Gasteiger partial charge is 0.381 e. The van der Waals surface area contributed by atoms with E-state index >= 15 is 0 Å². The average Bonchev–Trinajstić information content (AvgIpc) is 2.34. The molecule has 0 aliphatic rings. The molecule has 0 fully saturated rings. The summed E-state index contributed by atoms with van der Waals surface area (Å²) < 4.78 is 2.00. The molecule has 0 aliphatic heterocycles. The van der Waals surface area contributed by atoms with Gasteiger partial charge in [-0.05, 0) is 58.2 Å². The summed E-state index contributed by atoms with van der Waals surface area (Å²) in [6, 6.07) is 12.2. The normalized spacial score (nSPS) is 10.4. The molecule has 0 atom stereocenters. The van der Waals surface area contributed by atoms with Gasteiger partial charge in [0.25, 0.3) is 0 Å². The smallest absolute Gasteiger partial charge is 0.0551 e. The highest BCUT2D eigenvalue weighted by atomic mass is 79.9. The third-order valence-electron chi connectivity index (χ3n) is 2.67. The number of rotatable bonds is 3. The molecule has 0 bridgehead atoms. The number of aryl methyl sites for hydroxylation is 1. The van der Waals surface area contributed by atoms with Gasteiger partial charge in [-0.15, -0.1) is 0 Å². The molecule has 18 heavy (non-hydrogen) atoms. The van der Waals surface area contributed by atoms with Crippen LogP contribution in [0, 0.1) is 6.92 Å². The number of benzene rings is 2. The predicted octanol–water partition coefficient (Wildman–Crippen LogP) is 5.79. The molecule has 1 N–H and O–H groups in total. The zero-order valence-electron chi connectivity index (χ0n) is 9.81. The van der Waals surface area contributed by atoms with Crippen LogP contribution in [-0.4, -0.2) is 0 Å². The van der Waals surface area contributed by atoms with Gasteiger partial charge in [-0.2, -0.15) is 0 Å². The van der Waals surface area contributed by atoms with Crippen molar-refractivity contribution in [3.63, 3.8) is 0 Å². The van der Waals surface area contributed by atoms with Crippen LogP contribution in [0.2, 0.25) is 5.02 Å². The highest BCUT2D eigenvalue weighted by Crippen LogP contribution is 2.25. The number of hydrogen-bond acceptors (Lipinski definition) is 1. The van der Waals surface area contributed by atoms with Gasteiger partial charge in [0, 0.05) is 21.2 Å². The van der Waals surface area contributed by atoms with Crippen LogP contribution in [0.5, 0.6) is 0 Å². The molecule has 0 unspecified atom stereocenters. The van der Waals surface area contributed by atoms with Crippen molar-refractivity contribution < 1.29 is 0 Å². The van der Waals surface area contributed by atoms with Gasteiger partial charge in [-0.3, -0.25) is 0 Å². The van der Waals surface area contributed by atoms with E-state index in [1.165, 1.54) is 5.56 Å². The Hall–Kier alpha value is -0.510. The zero-order chi connectivity index (χ0) is 13.1. The first-order valence-electron chi connectivity index (χ1n) is 5.50. The van der Waals surface area contributed by atoms with Crippen molar-refractivity contribution in [3.05, 3.63) is 61.5 Å². The maximum absolute atomic E-state index is 6.07. The minimum absolute atomic E-state index is 0.736. The summed E-state index contributed by atoms with van der Waals surface area (Å²) in [5.74, 6) is 0. The van der Waals surface area contributed by atoms with E-state index in [-0.39, 0.29) is 0 Å². The van der Waals surface area contributed by atoms with Gasteiger partial charge in [0.05, 0.1) is 5.02 Å². The lowest BCUT2D eigenvalue weighted by Crippen LogP contribution is -2.01. The predicted molar refractivity (Wildman–Crippen MR) is 85.4 cm³/mol. The molecule has 0 saturated heterocycles. The molecule has 2 rings (SSSR count). The van der Waals surface area contributed by atoms with Crippen molar-refractivity contribution in [3.8, 4) is 0 Å². The molecule has 0 amide bonds. The fourth-order valence-electron chi connectivity index (χ4n) is 1.63. The minimum Gasteiger partial charge on any atom is -0.381 e. The van der Waals surface area contributed by atoms with Crippen molar-refractivity contribution >= 4 is 49.1 Å². The summed E-state index contributed by atoms with van der Waals surface area (Å²) in [6.07, 6.45) is 0. The number of hydrogen-bond donors (Lipinski definition) is 1. The van der Waals surface area contributed by atoms with Crippen LogP contribution in [-0.2, 0) is 6.54 Å². The van der Waals surface area contributed by atoms with Gasteiger partial charge in [0.15, 0.2) is 0 Å². The third-order valence-corrected chi connectivity index (χ3v) is 4.39. The Bertz CT molecular complexity index is 570. The van der Waals surface area contributed by atoms with E-state index in [9.17, 15) is 0 Å². The van der Waals surface area contributed by atoms with E-state index in [4.69, 9.17) is 11.6 Å². The highest BCUT2D eigenvalue weighted by Gasteiger charge is 2.01. The quantitative estimate of drug-likeness (QED) is 0.701. The Morgan fingerprint density at radius 1 is 1.11 bits per heavy atom. The first-order chi connectivity index (χ1) is 8.56. The van der Waals surface area contributed by atoms with Gasteiger partial charge in [-0.1, -0.05) is 39.7 Å². The Kier molecular flexibility index (Phi) is 4.71. The topological polar surface area (TPSA) is 12.0 Å². The summed E-state index contributed by atoms with van der Waals surface area (Å²) in [5.41, 5.74) is 3.51. The van der Waals surface area contributed by atoms with Crippen LogP contribution in [0.3, 0.4) is 0 Å². The lowest BCUT2D eigenvalue weighted by Gasteiger charge is -2.10. The second-order valence-electron chi connectivity index (χ2n) is 4.06. The van der Waals surface area contributed by atoms with Crippen LogP contribution in [0.1, 0.15) is 11.1 Å². The van der Waals surface area contributed by atoms with Crippen molar-refractivity contribution in [2.45, 2.75) is 13.5 Å². The summed E-state index contributed by atoms with van der Waals surface area (Å²) >= 11 is 12.9. The van der Waals surface area contributed by atoms with E-state index in [0.717, 1.165) is 31.8 Å². The van der Waals surface area contributed by atoms with Gasteiger partial charge in [0.2, 0.25) is 0 Å². The van der Waals surface area contributed by atoms with Gasteiger partial charge < -0.3 is 5.32 Å². The summed E-state index contributed by atoms with van der Waals surface area (Å²) in [6.45, 7) is 2.84. The maximum atomic E-state index is 6.07. The van der Waals surface area contributed by atoms with E-state index in [1.54, 1.807) is 0 Å². The summed E-state index contributed by atoms with van der Waals surface area (Å²) in [7, 11) is 0. The number of anilines is 1. The molecule has 0 saturated carbocycles. The zero-order valence-corrected chi connectivity index (χ0v) is 13.7. The number of nitrogens with one attached hydrogen (secondary N) is 1. The number of halogens is 3. The van der Waals surface area contributed by atoms with Crippen molar-refractivity contribution in [1.29, 1.82) is 0 Å². The fourth-order valence-corrected chi connectivity index (χ4v) is 2.44. The molecular formula is C14H12Br2ClN. The van der Waals surface area contributed by atoms with E-state index in [0.29, 0.717) is 0 Å². The van der Waals surface area contributed by atoms with Crippen LogP contribution in [0.4, 0.5) is 5.69 Å². The van der Waals surface area contributed by atoms with Gasteiger partial charge in [-0.25, -0.2) is 0 Å². The first-order valence-corrected chi connectivity index (χ1v) is 7.46. The Morgan fingerprint density at radius 2 is 1.89 bits per heavy atom. The molecule has 2 aromatic carbocycles. The SMILES string of the molecule is Cc1ccc(Br)cc1NCc1ccc(Br)c(Cl)c1. The average molecular weight is 390 g/mol. The van der Waals surface area contributed by atoms with Crippen molar-refractivity contribution in [2.75, 3.05) is 5.32 Å². The van der Waals surface area contributed by atoms with E-state index in [2.05, 4.69) is 62.3 Å². The standard InChI is InChI=1S/C14H12Br2ClN/c1-9-2-4-11(15)7-14(9)18-8-10-3-5-12(16)13(17)6-10/h2-7,18H,8H2,1H3. The Labute approximate surface area is 129 Å². The maximum Gasteiger partial charge on any atom is 0.0551 e. The van der Waals surface area contributed by atoms with Crippen LogP contribution in [0.25, 0.3) is 0 Å². The second kappa shape index (κ2) is 6.09. The van der Waals surface area contributed by atoms with Crippen molar-refractivity contribution in [2.24, 2.45) is 0 Å². The molecule has 94 valence electrons. The summed E-state index contributed by atoms with van der Waals surface area (Å²) in [5, 5.41) is 4.15. The van der Waals surface area contributed by atoms with E-state index in [1.807, 2.05) is 18.2 Å². The summed E-state index contributed by atoms with van der Waals surface area (Å²) in [4.78, 5) is 0. The molecule has 0 spiro atoms. The lowest BCUT2D eigenvalue weighted by molar-refractivity contribution is 1.14.